The van der Waals surface area contributed by atoms with E-state index >= 15 is 0 Å². The van der Waals surface area contributed by atoms with Crippen molar-refractivity contribution in [2.45, 2.75) is 45.2 Å². The van der Waals surface area contributed by atoms with Gasteiger partial charge in [-0.3, -0.25) is 0 Å². The van der Waals surface area contributed by atoms with Crippen LogP contribution in [0.25, 0.3) is 11.5 Å². The fraction of sp³-hybridized carbons (Fsp3) is 0.615. The average Bonchev–Trinajstić information content (AvgIpc) is 2.92. The van der Waals surface area contributed by atoms with Crippen LogP contribution in [0.1, 0.15) is 6.42 Å². The number of fused-ring (bicyclic) bond motifs is 1. The van der Waals surface area contributed by atoms with Crippen LogP contribution in [0, 0.1) is 0 Å². The standard InChI is InChI=1S/C13H23N5Si2/c1-19(2,3)18-10-16-12-11(14-9-15-12)13(18)17-7-6-8-20(17,4)5/h9-10H,6-8H2,1-5H3. The van der Waals surface area contributed by atoms with Crippen molar-refractivity contribution in [3.63, 3.8) is 0 Å². The maximum absolute atomic E-state index is 4.51. The van der Waals surface area contributed by atoms with Crippen molar-refractivity contribution in [1.29, 1.82) is 0 Å². The molecule has 3 rings (SSSR count). The summed E-state index contributed by atoms with van der Waals surface area (Å²) in [5.74, 6) is 2.06. The third kappa shape index (κ3) is 2.08. The summed E-state index contributed by atoms with van der Waals surface area (Å²) in [7, 11) is -2.90. The fourth-order valence-electron chi connectivity index (χ4n) is 3.04. The molecule has 20 heavy (non-hydrogen) atoms. The molecule has 0 atom stereocenters. The summed E-state index contributed by atoms with van der Waals surface area (Å²) in [6.45, 7) is 13.1. The Morgan fingerprint density at radius 3 is 2.50 bits per heavy atom. The predicted molar refractivity (Wildman–Crippen MR) is 87.4 cm³/mol. The molecule has 3 aliphatic rings. The lowest BCUT2D eigenvalue weighted by Crippen LogP contribution is -2.47. The van der Waals surface area contributed by atoms with Gasteiger partial charge in [-0.25, -0.2) is 15.0 Å². The SMILES string of the molecule is C[Si]1(C)CCCN1c1c2ncnc-2ncn1[Si](C)(C)C. The topological polar surface area (TPSA) is 46.8 Å². The molecule has 0 aromatic rings. The monoisotopic (exact) mass is 305 g/mol. The molecule has 0 amide bonds. The van der Waals surface area contributed by atoms with Gasteiger partial charge < -0.3 is 8.80 Å². The van der Waals surface area contributed by atoms with Gasteiger partial charge in [0.2, 0.25) is 0 Å². The molecule has 0 saturated carbocycles. The largest absolute Gasteiger partial charge is 0.383 e. The average molecular weight is 306 g/mol. The van der Waals surface area contributed by atoms with E-state index in [1.54, 1.807) is 6.33 Å². The number of imidazole rings is 1. The van der Waals surface area contributed by atoms with Crippen LogP contribution in [0.5, 0.6) is 0 Å². The molecule has 7 heteroatoms. The van der Waals surface area contributed by atoms with Crippen molar-refractivity contribution in [2.75, 3.05) is 11.1 Å². The Hall–Kier alpha value is -1.22. The molecular formula is C13H23N5Si2. The molecule has 0 bridgehead atoms. The normalized spacial score (nSPS) is 18.9. The van der Waals surface area contributed by atoms with E-state index in [0.717, 1.165) is 18.1 Å². The molecule has 0 aliphatic carbocycles. The highest BCUT2D eigenvalue weighted by molar-refractivity contribution is 6.82. The molecule has 1 saturated heterocycles. The van der Waals surface area contributed by atoms with Crippen molar-refractivity contribution in [3.8, 4) is 11.5 Å². The van der Waals surface area contributed by atoms with Crippen molar-refractivity contribution in [1.82, 2.24) is 19.2 Å². The van der Waals surface area contributed by atoms with Gasteiger partial charge in [-0.1, -0.05) is 32.7 Å². The molecule has 1 fully saturated rings. The third-order valence-corrected chi connectivity index (χ3v) is 9.44. The molecule has 0 aromatic carbocycles. The molecule has 3 aliphatic heterocycles. The number of anilines is 1. The number of aromatic nitrogens is 4. The van der Waals surface area contributed by atoms with Gasteiger partial charge in [-0.05, 0) is 12.5 Å². The second kappa shape index (κ2) is 4.39. The van der Waals surface area contributed by atoms with E-state index in [0.29, 0.717) is 0 Å². The molecule has 0 radical (unpaired) electrons. The van der Waals surface area contributed by atoms with Crippen LogP contribution in [-0.4, -0.2) is 42.2 Å². The lowest BCUT2D eigenvalue weighted by atomic mass is 10.3. The lowest BCUT2D eigenvalue weighted by Gasteiger charge is -2.37. The van der Waals surface area contributed by atoms with Crippen molar-refractivity contribution < 1.29 is 0 Å². The van der Waals surface area contributed by atoms with Gasteiger partial charge in [0, 0.05) is 6.54 Å². The van der Waals surface area contributed by atoms with Crippen LogP contribution >= 0.6 is 0 Å². The van der Waals surface area contributed by atoms with Gasteiger partial charge in [0.1, 0.15) is 17.8 Å². The number of hydrogen-bond acceptors (Lipinski definition) is 4. The summed E-state index contributed by atoms with van der Waals surface area (Å²) in [4.78, 5) is 13.3. The van der Waals surface area contributed by atoms with Crippen LogP contribution in [0.2, 0.25) is 38.8 Å². The van der Waals surface area contributed by atoms with Gasteiger partial charge in [0.25, 0.3) is 0 Å². The van der Waals surface area contributed by atoms with Crippen LogP contribution in [0.3, 0.4) is 0 Å². The zero-order chi connectivity index (χ0) is 14.5. The van der Waals surface area contributed by atoms with E-state index < -0.39 is 16.5 Å². The molecule has 3 heterocycles. The Balaban J connectivity index is 2.25. The number of rotatable bonds is 2. The first-order chi connectivity index (χ1) is 9.31. The quantitative estimate of drug-likeness (QED) is 0.800. The minimum absolute atomic E-state index is 0.784. The van der Waals surface area contributed by atoms with E-state index in [2.05, 4.69) is 56.5 Å². The smallest absolute Gasteiger partial charge is 0.184 e. The molecule has 5 nitrogen and oxygen atoms in total. The van der Waals surface area contributed by atoms with E-state index in [1.807, 2.05) is 6.33 Å². The first-order valence-corrected chi connectivity index (χ1v) is 13.9. The highest BCUT2D eigenvalue weighted by atomic mass is 28.3. The fourth-order valence-corrected chi connectivity index (χ4v) is 7.25. The Morgan fingerprint density at radius 2 is 1.90 bits per heavy atom. The summed E-state index contributed by atoms with van der Waals surface area (Å²) >= 11 is 0. The van der Waals surface area contributed by atoms with Crippen LogP contribution < -0.4 is 4.57 Å². The van der Waals surface area contributed by atoms with Crippen LogP contribution in [0.4, 0.5) is 5.82 Å². The van der Waals surface area contributed by atoms with E-state index in [4.69, 9.17) is 0 Å². The molecule has 0 aromatic heterocycles. The zero-order valence-corrected chi connectivity index (χ0v) is 15.0. The number of hydrogen-bond donors (Lipinski definition) is 0. The van der Waals surface area contributed by atoms with E-state index in [1.165, 1.54) is 18.3 Å². The van der Waals surface area contributed by atoms with Crippen molar-refractivity contribution in [3.05, 3.63) is 12.7 Å². The first kappa shape index (κ1) is 13.8. The first-order valence-electron chi connectivity index (χ1n) is 7.27. The van der Waals surface area contributed by atoms with Gasteiger partial charge in [-0.2, -0.15) is 0 Å². The van der Waals surface area contributed by atoms with Gasteiger partial charge in [0.05, 0.1) is 6.33 Å². The Labute approximate surface area is 122 Å². The Bertz CT molecular complexity index is 601. The molecular weight excluding hydrogens is 282 g/mol. The molecule has 0 unspecified atom stereocenters. The minimum Gasteiger partial charge on any atom is -0.383 e. The van der Waals surface area contributed by atoms with Crippen LogP contribution in [-0.2, 0) is 0 Å². The van der Waals surface area contributed by atoms with E-state index in [-0.39, 0.29) is 0 Å². The Kier molecular flexibility index (Phi) is 3.02. The second-order valence-corrected chi connectivity index (χ2v) is 16.7. The molecule has 108 valence electrons. The summed E-state index contributed by atoms with van der Waals surface area (Å²) in [6, 6.07) is 1.36. The number of nitrogens with zero attached hydrogens (tertiary/aromatic N) is 5. The lowest BCUT2D eigenvalue weighted by molar-refractivity contribution is 0.922. The highest BCUT2D eigenvalue weighted by Crippen LogP contribution is 2.37. The zero-order valence-electron chi connectivity index (χ0n) is 13.0. The van der Waals surface area contributed by atoms with Crippen molar-refractivity contribution >= 4 is 22.3 Å². The maximum atomic E-state index is 4.51. The minimum atomic E-state index is -1.53. The second-order valence-electron chi connectivity index (χ2n) is 7.22. The summed E-state index contributed by atoms with van der Waals surface area (Å²) < 4.78 is 5.05. The summed E-state index contributed by atoms with van der Waals surface area (Å²) in [6.07, 6.45) is 4.92. The highest BCUT2D eigenvalue weighted by Gasteiger charge is 2.39. The summed E-state index contributed by atoms with van der Waals surface area (Å²) in [5, 5.41) is 0. The van der Waals surface area contributed by atoms with Gasteiger partial charge in [-0.15, -0.1) is 0 Å². The van der Waals surface area contributed by atoms with Crippen LogP contribution in [0.15, 0.2) is 12.7 Å². The molecule has 0 N–H and O–H groups in total. The maximum Gasteiger partial charge on any atom is 0.184 e. The predicted octanol–water partition coefficient (Wildman–Crippen LogP) is 2.88. The summed E-state index contributed by atoms with van der Waals surface area (Å²) in [5.41, 5.74) is 0.984. The van der Waals surface area contributed by atoms with Gasteiger partial charge >= 0.3 is 0 Å². The third-order valence-electron chi connectivity index (χ3n) is 4.19. The van der Waals surface area contributed by atoms with Gasteiger partial charge in [0.15, 0.2) is 22.3 Å². The molecule has 0 spiro atoms. The van der Waals surface area contributed by atoms with Crippen molar-refractivity contribution in [2.24, 2.45) is 0 Å². The van der Waals surface area contributed by atoms with E-state index in [9.17, 15) is 0 Å². The Morgan fingerprint density at radius 1 is 1.15 bits per heavy atom.